The van der Waals surface area contributed by atoms with E-state index in [4.69, 9.17) is 9.47 Å². The van der Waals surface area contributed by atoms with Crippen LogP contribution < -0.4 is 9.62 Å². The van der Waals surface area contributed by atoms with Crippen molar-refractivity contribution in [2.45, 2.75) is 37.4 Å². The van der Waals surface area contributed by atoms with Crippen molar-refractivity contribution in [3.05, 3.63) is 34.7 Å². The van der Waals surface area contributed by atoms with Crippen LogP contribution in [0.15, 0.2) is 29.2 Å². The van der Waals surface area contributed by atoms with Gasteiger partial charge in [-0.2, -0.15) is 5.26 Å². The fourth-order valence-electron chi connectivity index (χ4n) is 3.50. The van der Waals surface area contributed by atoms with Crippen molar-refractivity contribution in [3.63, 3.8) is 0 Å². The van der Waals surface area contributed by atoms with E-state index in [1.54, 1.807) is 18.2 Å². The summed E-state index contributed by atoms with van der Waals surface area (Å²) in [7, 11) is -4.18. The first-order valence-corrected chi connectivity index (χ1v) is 11.4. The molecule has 11 heteroatoms. The van der Waals surface area contributed by atoms with Crippen molar-refractivity contribution in [1.82, 2.24) is 4.72 Å². The van der Waals surface area contributed by atoms with E-state index < -0.39 is 45.4 Å². The lowest BCUT2D eigenvalue weighted by Gasteiger charge is -2.39. The van der Waals surface area contributed by atoms with E-state index in [0.29, 0.717) is 18.8 Å². The lowest BCUT2D eigenvalue weighted by Crippen LogP contribution is -2.59. The summed E-state index contributed by atoms with van der Waals surface area (Å²) in [6.45, 7) is 3.98. The number of sulfonamides is 1. The standard InChI is InChI=1S/C20H27N3O7S/c1-13-18(24)20(26)19(25)17(30-13)12-22-31(27,28)16(11-21)10-14-2-4-15(5-3-14)23-6-8-29-9-7-23/h2-5,10,13,17-20,22,24-26H,6-9,12H2,1H3/b16-10+/t13?,17-,18+,19-,20-/m1/s1. The average Bonchev–Trinajstić information content (AvgIpc) is 2.78. The summed E-state index contributed by atoms with van der Waals surface area (Å²) in [5.74, 6) is 0. The van der Waals surface area contributed by atoms with E-state index in [9.17, 15) is 29.0 Å². The number of aliphatic hydroxyl groups is 3. The number of anilines is 1. The number of benzene rings is 1. The van der Waals surface area contributed by atoms with E-state index in [-0.39, 0.29) is 6.54 Å². The molecule has 2 heterocycles. The van der Waals surface area contributed by atoms with Crippen molar-refractivity contribution in [1.29, 1.82) is 5.26 Å². The van der Waals surface area contributed by atoms with Gasteiger partial charge in [-0.25, -0.2) is 13.1 Å². The molecule has 0 amide bonds. The average molecular weight is 454 g/mol. The van der Waals surface area contributed by atoms with Gasteiger partial charge in [0.1, 0.15) is 30.5 Å². The Hall–Kier alpha value is -2.04. The highest BCUT2D eigenvalue weighted by Crippen LogP contribution is 2.22. The van der Waals surface area contributed by atoms with Crippen LogP contribution in [0.4, 0.5) is 5.69 Å². The van der Waals surface area contributed by atoms with Crippen LogP contribution >= 0.6 is 0 Å². The quantitative estimate of drug-likeness (QED) is 0.405. The molecule has 10 nitrogen and oxygen atoms in total. The maximum Gasteiger partial charge on any atom is 0.250 e. The Labute approximate surface area is 181 Å². The zero-order valence-electron chi connectivity index (χ0n) is 17.1. The largest absolute Gasteiger partial charge is 0.388 e. The van der Waals surface area contributed by atoms with Crippen LogP contribution in [0.2, 0.25) is 0 Å². The number of hydrogen-bond donors (Lipinski definition) is 4. The Kier molecular flexibility index (Phi) is 7.66. The fraction of sp³-hybridized carbons (Fsp3) is 0.550. The molecule has 170 valence electrons. The second kappa shape index (κ2) is 10.1. The molecule has 2 aliphatic rings. The molecule has 3 rings (SSSR count). The molecule has 0 aliphatic carbocycles. The number of aliphatic hydroxyl groups excluding tert-OH is 3. The molecular weight excluding hydrogens is 426 g/mol. The number of ether oxygens (including phenoxy) is 2. The van der Waals surface area contributed by atoms with E-state index >= 15 is 0 Å². The summed E-state index contributed by atoms with van der Waals surface area (Å²) in [6.07, 6.45) is -4.83. The summed E-state index contributed by atoms with van der Waals surface area (Å²) in [5, 5.41) is 39.0. The van der Waals surface area contributed by atoms with Gasteiger partial charge in [0.25, 0.3) is 10.0 Å². The maximum atomic E-state index is 12.6. The highest BCUT2D eigenvalue weighted by atomic mass is 32.2. The molecule has 4 N–H and O–H groups in total. The van der Waals surface area contributed by atoms with Crippen molar-refractivity contribution >= 4 is 21.8 Å². The maximum absolute atomic E-state index is 12.6. The van der Waals surface area contributed by atoms with Gasteiger partial charge in [-0.1, -0.05) is 12.1 Å². The predicted molar refractivity (Wildman–Crippen MR) is 112 cm³/mol. The first-order chi connectivity index (χ1) is 14.7. The topological polar surface area (TPSA) is 152 Å². The van der Waals surface area contributed by atoms with E-state index in [1.807, 2.05) is 12.1 Å². The summed E-state index contributed by atoms with van der Waals surface area (Å²) >= 11 is 0. The molecule has 0 saturated carbocycles. The number of morpholine rings is 1. The lowest BCUT2D eigenvalue weighted by atomic mass is 9.96. The van der Waals surface area contributed by atoms with Crippen molar-refractivity contribution < 1.29 is 33.2 Å². The van der Waals surface area contributed by atoms with Gasteiger partial charge in [0.15, 0.2) is 4.91 Å². The van der Waals surface area contributed by atoms with Gasteiger partial charge < -0.3 is 29.7 Å². The highest BCUT2D eigenvalue weighted by molar-refractivity contribution is 7.93. The smallest absolute Gasteiger partial charge is 0.250 e. The minimum Gasteiger partial charge on any atom is -0.388 e. The van der Waals surface area contributed by atoms with E-state index in [1.165, 1.54) is 13.0 Å². The van der Waals surface area contributed by atoms with Gasteiger partial charge in [-0.05, 0) is 30.7 Å². The number of allylic oxidation sites excluding steroid dienone is 1. The Bertz CT molecular complexity index is 923. The molecule has 1 aromatic carbocycles. The summed E-state index contributed by atoms with van der Waals surface area (Å²) < 4.78 is 38.1. The minimum absolute atomic E-state index is 0.368. The van der Waals surface area contributed by atoms with Gasteiger partial charge in [0.2, 0.25) is 0 Å². The fourth-order valence-corrected chi connectivity index (χ4v) is 4.45. The molecule has 0 spiro atoms. The molecule has 2 fully saturated rings. The Morgan fingerprint density at radius 3 is 2.45 bits per heavy atom. The van der Waals surface area contributed by atoms with Crippen molar-refractivity contribution in [3.8, 4) is 6.07 Å². The van der Waals surface area contributed by atoms with Gasteiger partial charge in [0.05, 0.1) is 19.3 Å². The molecular formula is C20H27N3O7S. The lowest BCUT2D eigenvalue weighted by molar-refractivity contribution is -0.214. The Morgan fingerprint density at radius 2 is 1.84 bits per heavy atom. The number of nitrogens with one attached hydrogen (secondary N) is 1. The number of hydrogen-bond acceptors (Lipinski definition) is 9. The predicted octanol–water partition coefficient (Wildman–Crippen LogP) is -0.823. The van der Waals surface area contributed by atoms with Gasteiger partial charge in [-0.3, -0.25) is 0 Å². The van der Waals surface area contributed by atoms with Crippen molar-refractivity contribution in [2.75, 3.05) is 37.7 Å². The Morgan fingerprint density at radius 1 is 1.19 bits per heavy atom. The van der Waals surface area contributed by atoms with Crippen LogP contribution in [0.5, 0.6) is 0 Å². The summed E-state index contributed by atoms with van der Waals surface area (Å²) in [4.78, 5) is 1.66. The molecule has 2 saturated heterocycles. The monoisotopic (exact) mass is 453 g/mol. The highest BCUT2D eigenvalue weighted by Gasteiger charge is 2.42. The molecule has 1 unspecified atom stereocenters. The third-order valence-corrected chi connectivity index (χ3v) is 6.73. The minimum atomic E-state index is -4.18. The molecule has 31 heavy (non-hydrogen) atoms. The third-order valence-electron chi connectivity index (χ3n) is 5.39. The Balaban J connectivity index is 1.67. The molecule has 5 atom stereocenters. The van der Waals surface area contributed by atoms with Crippen LogP contribution in [-0.2, 0) is 19.5 Å². The van der Waals surface area contributed by atoms with Gasteiger partial charge >= 0.3 is 0 Å². The molecule has 0 radical (unpaired) electrons. The summed E-state index contributed by atoms with van der Waals surface area (Å²) in [6, 6.07) is 8.85. The number of rotatable bonds is 6. The second-order valence-corrected chi connectivity index (χ2v) is 9.25. The zero-order valence-corrected chi connectivity index (χ0v) is 17.9. The molecule has 1 aromatic rings. The van der Waals surface area contributed by atoms with Crippen LogP contribution in [-0.4, -0.2) is 87.1 Å². The van der Waals surface area contributed by atoms with Crippen LogP contribution in [0.3, 0.4) is 0 Å². The second-order valence-electron chi connectivity index (χ2n) is 7.51. The normalized spacial score (nSPS) is 30.1. The van der Waals surface area contributed by atoms with Crippen LogP contribution in [0, 0.1) is 11.3 Å². The third kappa shape index (κ3) is 5.61. The van der Waals surface area contributed by atoms with E-state index in [2.05, 4.69) is 9.62 Å². The SMILES string of the molecule is CC1O[C@H](CNS(=O)(=O)/C(C#N)=C/c2ccc(N3CCOCC3)cc2)[C@@H](O)[C@H](O)[C@H]1O. The van der Waals surface area contributed by atoms with E-state index in [0.717, 1.165) is 18.8 Å². The van der Waals surface area contributed by atoms with Crippen LogP contribution in [0.25, 0.3) is 6.08 Å². The first-order valence-electron chi connectivity index (χ1n) is 9.97. The number of nitriles is 1. The summed E-state index contributed by atoms with van der Waals surface area (Å²) in [5.41, 5.74) is 1.53. The molecule has 2 aliphatic heterocycles. The first kappa shape index (κ1) is 23.6. The van der Waals surface area contributed by atoms with Crippen LogP contribution in [0.1, 0.15) is 12.5 Å². The zero-order chi connectivity index (χ0) is 22.6. The van der Waals surface area contributed by atoms with Gasteiger partial charge in [-0.15, -0.1) is 0 Å². The molecule has 0 aromatic heterocycles. The number of nitrogens with zero attached hydrogens (tertiary/aromatic N) is 2. The van der Waals surface area contributed by atoms with Crippen molar-refractivity contribution in [2.24, 2.45) is 0 Å². The molecule has 0 bridgehead atoms. The van der Waals surface area contributed by atoms with Gasteiger partial charge in [0, 0.05) is 25.3 Å².